The van der Waals surface area contributed by atoms with Crippen molar-refractivity contribution in [3.63, 3.8) is 0 Å². The Morgan fingerprint density at radius 3 is 2.72 bits per heavy atom. The van der Waals surface area contributed by atoms with Crippen molar-refractivity contribution in [2.75, 3.05) is 0 Å². The Balaban J connectivity index is 1.72. The zero-order chi connectivity index (χ0) is 18.0. The molecule has 0 saturated carbocycles. The smallest absolute Gasteiger partial charge is 0.355 e. The predicted molar refractivity (Wildman–Crippen MR) is 89.1 cm³/mol. The van der Waals surface area contributed by atoms with Gasteiger partial charge in [-0.2, -0.15) is 0 Å². The summed E-state index contributed by atoms with van der Waals surface area (Å²) in [5, 5.41) is 7.94. The number of nitrogens with zero attached hydrogens (tertiary/aromatic N) is 2. The third-order valence-electron chi connectivity index (χ3n) is 3.65. The number of carbonyl (C=O) groups excluding carboxylic acids is 2. The third-order valence-corrected chi connectivity index (χ3v) is 3.65. The van der Waals surface area contributed by atoms with E-state index in [1.54, 1.807) is 6.92 Å². The van der Waals surface area contributed by atoms with Gasteiger partial charge in [0.05, 0.1) is 0 Å². The summed E-state index contributed by atoms with van der Waals surface area (Å²) < 4.78 is 10.9. The molecule has 0 aliphatic rings. The van der Waals surface area contributed by atoms with Crippen LogP contribution >= 0.6 is 0 Å². The Bertz CT molecular complexity index is 926. The summed E-state index contributed by atoms with van der Waals surface area (Å²) in [6.45, 7) is 5.03. The first-order chi connectivity index (χ1) is 11.9. The minimum absolute atomic E-state index is 0.136. The third kappa shape index (κ3) is 3.65. The molecule has 1 N–H and O–H groups in total. The monoisotopic (exact) mass is 339 g/mol. The zero-order valence-electron chi connectivity index (χ0n) is 14.1. The van der Waals surface area contributed by atoms with Crippen LogP contribution in [0.15, 0.2) is 40.9 Å². The van der Waals surface area contributed by atoms with Crippen molar-refractivity contribution in [2.45, 2.75) is 26.9 Å². The first-order valence-corrected chi connectivity index (χ1v) is 7.75. The highest BCUT2D eigenvalue weighted by atomic mass is 16.6. The molecule has 128 valence electrons. The molecule has 0 aliphatic heterocycles. The maximum atomic E-state index is 12.1. The van der Waals surface area contributed by atoms with Crippen LogP contribution in [-0.2, 0) is 4.74 Å². The van der Waals surface area contributed by atoms with Gasteiger partial charge in [0.2, 0.25) is 5.89 Å². The van der Waals surface area contributed by atoms with Gasteiger partial charge in [-0.1, -0.05) is 17.7 Å². The van der Waals surface area contributed by atoms with E-state index in [2.05, 4.69) is 15.2 Å². The van der Waals surface area contributed by atoms with Gasteiger partial charge in [0.25, 0.3) is 5.89 Å². The maximum absolute atomic E-state index is 12.1. The number of hydrogen-bond donors (Lipinski definition) is 1. The van der Waals surface area contributed by atoms with Crippen molar-refractivity contribution in [3.05, 3.63) is 59.2 Å². The average Bonchev–Trinajstić information content (AvgIpc) is 3.24. The van der Waals surface area contributed by atoms with E-state index in [1.165, 1.54) is 19.2 Å². The van der Waals surface area contributed by atoms with Gasteiger partial charge in [0.1, 0.15) is 5.69 Å². The molecule has 0 spiro atoms. The van der Waals surface area contributed by atoms with Gasteiger partial charge in [-0.15, -0.1) is 10.2 Å². The summed E-state index contributed by atoms with van der Waals surface area (Å²) in [5.41, 5.74) is 2.48. The Morgan fingerprint density at radius 1 is 1.24 bits per heavy atom. The van der Waals surface area contributed by atoms with Crippen LogP contribution in [0.2, 0.25) is 0 Å². The van der Waals surface area contributed by atoms with Crippen LogP contribution in [0.5, 0.6) is 0 Å². The largest absolute Gasteiger partial charge is 0.448 e. The maximum Gasteiger partial charge on any atom is 0.355 e. The topological polar surface area (TPSA) is 98.1 Å². The van der Waals surface area contributed by atoms with E-state index in [-0.39, 0.29) is 17.4 Å². The standard InChI is InChI=1S/C18H17N3O4/c1-10-5-4-6-13(7-10)17-21-20-16(25-17)12(3)24-18(23)15-8-14(9-19-15)11(2)22/h4-9,12,19H,1-3H3. The molecule has 0 saturated heterocycles. The SMILES string of the molecule is CC(=O)c1c[nH]c(C(=O)OC(C)c2nnc(-c3cccc(C)c3)o2)c1. The number of carbonyl (C=O) groups is 2. The lowest BCUT2D eigenvalue weighted by atomic mass is 10.1. The number of aryl methyl sites for hydroxylation is 1. The first-order valence-electron chi connectivity index (χ1n) is 7.75. The number of Topliss-reactive ketones (excluding diaryl/α,β-unsaturated/α-hetero) is 1. The van der Waals surface area contributed by atoms with Crippen LogP contribution in [0, 0.1) is 6.92 Å². The van der Waals surface area contributed by atoms with E-state index in [0.717, 1.165) is 11.1 Å². The molecule has 1 unspecified atom stereocenters. The van der Waals surface area contributed by atoms with Gasteiger partial charge >= 0.3 is 5.97 Å². The molecule has 7 nitrogen and oxygen atoms in total. The second kappa shape index (κ2) is 6.72. The number of H-pyrrole nitrogens is 1. The lowest BCUT2D eigenvalue weighted by molar-refractivity contribution is 0.0273. The predicted octanol–water partition coefficient (Wildman–Crippen LogP) is 3.49. The molecule has 3 rings (SSSR count). The molecule has 0 fully saturated rings. The van der Waals surface area contributed by atoms with Gasteiger partial charge in [-0.3, -0.25) is 4.79 Å². The minimum atomic E-state index is -0.720. The van der Waals surface area contributed by atoms with E-state index in [9.17, 15) is 9.59 Å². The summed E-state index contributed by atoms with van der Waals surface area (Å²) in [7, 11) is 0. The number of ketones is 1. The summed E-state index contributed by atoms with van der Waals surface area (Å²) >= 11 is 0. The molecular weight excluding hydrogens is 322 g/mol. The fourth-order valence-corrected chi connectivity index (χ4v) is 2.28. The van der Waals surface area contributed by atoms with Gasteiger partial charge in [-0.05, 0) is 39.0 Å². The average molecular weight is 339 g/mol. The van der Waals surface area contributed by atoms with Crippen LogP contribution in [0.25, 0.3) is 11.5 Å². The number of hydrogen-bond acceptors (Lipinski definition) is 6. The molecule has 1 aromatic carbocycles. The number of aromatic amines is 1. The van der Waals surface area contributed by atoms with E-state index in [1.807, 2.05) is 31.2 Å². The Labute approximate surface area is 144 Å². The highest BCUT2D eigenvalue weighted by molar-refractivity contribution is 5.97. The molecule has 2 heterocycles. The molecule has 0 aliphatic carbocycles. The summed E-state index contributed by atoms with van der Waals surface area (Å²) in [6, 6.07) is 9.11. The fraction of sp³-hybridized carbons (Fsp3) is 0.222. The summed E-state index contributed by atoms with van der Waals surface area (Å²) in [6.07, 6.45) is 0.745. The van der Waals surface area contributed by atoms with Crippen molar-refractivity contribution in [1.82, 2.24) is 15.2 Å². The van der Waals surface area contributed by atoms with Crippen LogP contribution < -0.4 is 0 Å². The molecule has 3 aromatic rings. The molecule has 0 bridgehead atoms. The van der Waals surface area contributed by atoms with Crippen molar-refractivity contribution >= 4 is 11.8 Å². The number of esters is 1. The highest BCUT2D eigenvalue weighted by Crippen LogP contribution is 2.23. The van der Waals surface area contributed by atoms with Crippen molar-refractivity contribution < 1.29 is 18.7 Å². The van der Waals surface area contributed by atoms with Gasteiger partial charge in [0, 0.05) is 17.3 Å². The number of rotatable bonds is 5. The van der Waals surface area contributed by atoms with Gasteiger partial charge in [-0.25, -0.2) is 4.79 Å². The lowest BCUT2D eigenvalue weighted by Gasteiger charge is -2.08. The lowest BCUT2D eigenvalue weighted by Crippen LogP contribution is -2.10. The van der Waals surface area contributed by atoms with Gasteiger partial charge in [0.15, 0.2) is 11.9 Å². The van der Waals surface area contributed by atoms with E-state index in [0.29, 0.717) is 11.5 Å². The van der Waals surface area contributed by atoms with E-state index in [4.69, 9.17) is 9.15 Å². The number of nitrogens with one attached hydrogen (secondary N) is 1. The Hall–Kier alpha value is -3.22. The molecule has 25 heavy (non-hydrogen) atoms. The van der Waals surface area contributed by atoms with Crippen LogP contribution in [0.1, 0.15) is 52.3 Å². The fourth-order valence-electron chi connectivity index (χ4n) is 2.28. The number of aromatic nitrogens is 3. The summed E-state index contributed by atoms with van der Waals surface area (Å²) in [5.74, 6) is -0.179. The quantitative estimate of drug-likeness (QED) is 0.564. The Morgan fingerprint density at radius 2 is 2.04 bits per heavy atom. The van der Waals surface area contributed by atoms with Crippen molar-refractivity contribution in [1.29, 1.82) is 0 Å². The molecular formula is C18H17N3O4. The minimum Gasteiger partial charge on any atom is -0.448 e. The molecule has 0 radical (unpaired) electrons. The second-order valence-electron chi connectivity index (χ2n) is 5.72. The number of benzene rings is 1. The van der Waals surface area contributed by atoms with E-state index >= 15 is 0 Å². The normalized spacial score (nSPS) is 12.0. The molecule has 7 heteroatoms. The van der Waals surface area contributed by atoms with Crippen LogP contribution in [-0.4, -0.2) is 26.9 Å². The molecule has 2 aromatic heterocycles. The zero-order valence-corrected chi connectivity index (χ0v) is 14.1. The van der Waals surface area contributed by atoms with Gasteiger partial charge < -0.3 is 14.1 Å². The van der Waals surface area contributed by atoms with Crippen LogP contribution in [0.3, 0.4) is 0 Å². The molecule has 1 atom stereocenters. The van der Waals surface area contributed by atoms with Crippen molar-refractivity contribution in [3.8, 4) is 11.5 Å². The Kier molecular flexibility index (Phi) is 4.47. The molecule has 0 amide bonds. The van der Waals surface area contributed by atoms with E-state index < -0.39 is 12.1 Å². The summed E-state index contributed by atoms with van der Waals surface area (Å²) in [4.78, 5) is 26.1. The number of ether oxygens (including phenoxy) is 1. The highest BCUT2D eigenvalue weighted by Gasteiger charge is 2.21. The second-order valence-corrected chi connectivity index (χ2v) is 5.72. The van der Waals surface area contributed by atoms with Crippen LogP contribution in [0.4, 0.5) is 0 Å². The first kappa shape index (κ1) is 16.6. The van der Waals surface area contributed by atoms with Crippen molar-refractivity contribution in [2.24, 2.45) is 0 Å².